The van der Waals surface area contributed by atoms with Gasteiger partial charge in [-0.1, -0.05) is 59.3 Å². The summed E-state index contributed by atoms with van der Waals surface area (Å²) < 4.78 is 7.43. The minimum atomic E-state index is 0.227. The van der Waals surface area contributed by atoms with Crippen molar-refractivity contribution in [1.82, 2.24) is 14.2 Å². The predicted octanol–water partition coefficient (Wildman–Crippen LogP) is 4.10. The van der Waals surface area contributed by atoms with Gasteiger partial charge in [-0.3, -0.25) is 0 Å². The normalized spacial score (nSPS) is 19.8. The summed E-state index contributed by atoms with van der Waals surface area (Å²) in [5.74, 6) is 0. The molecule has 3 unspecified atom stereocenters. The number of hydrogen-bond acceptors (Lipinski definition) is 3. The maximum atomic E-state index is 6.61. The van der Waals surface area contributed by atoms with Crippen LogP contribution < -0.4 is 0 Å². The SMILES string of the molecule is CCCCC(Cl)CN1BN(CC(Cl)CCCC)BN(CC(Cl)CCCC)B1. The Morgan fingerprint density at radius 1 is 0.556 bits per heavy atom. The smallest absolute Gasteiger partial charge is 0.270 e. The van der Waals surface area contributed by atoms with E-state index in [1.165, 1.54) is 38.5 Å². The molecule has 156 valence electrons. The first-order chi connectivity index (χ1) is 13.0. The zero-order chi connectivity index (χ0) is 20.1. The van der Waals surface area contributed by atoms with Crippen LogP contribution in [0.1, 0.15) is 78.6 Å². The van der Waals surface area contributed by atoms with Crippen molar-refractivity contribution in [2.75, 3.05) is 19.6 Å². The van der Waals surface area contributed by atoms with Crippen LogP contribution in [0, 0.1) is 0 Å². The average molecular weight is 436 g/mol. The molecule has 1 heterocycles. The van der Waals surface area contributed by atoms with Crippen molar-refractivity contribution in [3.8, 4) is 0 Å². The van der Waals surface area contributed by atoms with Crippen molar-refractivity contribution in [1.29, 1.82) is 0 Å². The first-order valence-corrected chi connectivity index (χ1v) is 12.4. The molecule has 0 aromatic carbocycles. The van der Waals surface area contributed by atoms with Crippen molar-refractivity contribution in [2.45, 2.75) is 94.7 Å². The van der Waals surface area contributed by atoms with Crippen LogP contribution in [0.2, 0.25) is 0 Å². The van der Waals surface area contributed by atoms with E-state index in [2.05, 4.69) is 34.9 Å². The van der Waals surface area contributed by atoms with E-state index < -0.39 is 0 Å². The Bertz CT molecular complexity index is 314. The zero-order valence-corrected chi connectivity index (χ0v) is 20.1. The summed E-state index contributed by atoms with van der Waals surface area (Å²) >= 11 is 19.8. The first-order valence-electron chi connectivity index (χ1n) is 11.1. The quantitative estimate of drug-likeness (QED) is 0.283. The molecule has 0 amide bonds. The maximum Gasteiger partial charge on any atom is 0.270 e. The van der Waals surface area contributed by atoms with E-state index in [1.54, 1.807) is 0 Å². The van der Waals surface area contributed by atoms with E-state index in [1.807, 2.05) is 0 Å². The van der Waals surface area contributed by atoms with Crippen LogP contribution in [0.15, 0.2) is 0 Å². The third kappa shape index (κ3) is 12.3. The maximum absolute atomic E-state index is 6.61. The predicted molar refractivity (Wildman–Crippen MR) is 129 cm³/mol. The van der Waals surface area contributed by atoms with E-state index >= 15 is 0 Å². The fourth-order valence-electron chi connectivity index (χ4n) is 3.72. The summed E-state index contributed by atoms with van der Waals surface area (Å²) in [6.45, 7) is 9.50. The van der Waals surface area contributed by atoms with Gasteiger partial charge in [-0.25, -0.2) is 0 Å². The molecule has 0 radical (unpaired) electrons. The lowest BCUT2D eigenvalue weighted by Gasteiger charge is -2.42. The Balaban J connectivity index is 2.58. The Morgan fingerprint density at radius 3 is 1.04 bits per heavy atom. The second kappa shape index (κ2) is 15.7. The second-order valence-corrected chi connectivity index (χ2v) is 10.1. The molecule has 3 atom stereocenters. The molecular formula is C18H39B3Cl3N3. The molecule has 1 saturated heterocycles. The van der Waals surface area contributed by atoms with Crippen LogP contribution in [0.4, 0.5) is 0 Å². The van der Waals surface area contributed by atoms with Crippen LogP contribution in [0.3, 0.4) is 0 Å². The van der Waals surface area contributed by atoms with Gasteiger partial charge in [0.05, 0.1) is 0 Å². The van der Waals surface area contributed by atoms with E-state index in [0.717, 1.165) is 61.5 Å². The van der Waals surface area contributed by atoms with E-state index in [4.69, 9.17) is 34.8 Å². The zero-order valence-electron chi connectivity index (χ0n) is 17.8. The molecule has 9 heteroatoms. The van der Waals surface area contributed by atoms with E-state index in [9.17, 15) is 0 Å². The minimum Gasteiger partial charge on any atom is -0.362 e. The number of alkyl halides is 3. The molecule has 0 aliphatic carbocycles. The molecule has 3 nitrogen and oxygen atoms in total. The van der Waals surface area contributed by atoms with Gasteiger partial charge in [0.1, 0.15) is 0 Å². The topological polar surface area (TPSA) is 9.72 Å². The monoisotopic (exact) mass is 435 g/mol. The Hall–Kier alpha value is 0.945. The summed E-state index contributed by atoms with van der Waals surface area (Å²) in [6, 6.07) is 0. The van der Waals surface area contributed by atoms with Gasteiger partial charge in [0.25, 0.3) is 22.6 Å². The summed E-state index contributed by atoms with van der Waals surface area (Å²) in [5, 5.41) is 0.682. The number of hydrogen-bond donors (Lipinski definition) is 0. The fraction of sp³-hybridized carbons (Fsp3) is 1.00. The second-order valence-electron chi connectivity index (χ2n) is 8.20. The third-order valence-electron chi connectivity index (χ3n) is 5.18. The largest absolute Gasteiger partial charge is 0.362 e. The summed E-state index contributed by atoms with van der Waals surface area (Å²) in [5.41, 5.74) is 0. The molecule has 1 fully saturated rings. The third-order valence-corrected chi connectivity index (χ3v) is 6.25. The van der Waals surface area contributed by atoms with Crippen LogP contribution in [-0.4, -0.2) is 72.6 Å². The van der Waals surface area contributed by atoms with Crippen molar-refractivity contribution in [3.05, 3.63) is 0 Å². The van der Waals surface area contributed by atoms with Gasteiger partial charge < -0.3 is 14.2 Å². The molecule has 1 rings (SSSR count). The van der Waals surface area contributed by atoms with E-state index in [-0.39, 0.29) is 16.1 Å². The highest BCUT2D eigenvalue weighted by atomic mass is 35.5. The molecule has 0 saturated carbocycles. The van der Waals surface area contributed by atoms with Gasteiger partial charge in [-0.2, -0.15) is 0 Å². The number of halogens is 3. The van der Waals surface area contributed by atoms with Crippen LogP contribution in [0.5, 0.6) is 0 Å². The molecule has 0 N–H and O–H groups in total. The highest BCUT2D eigenvalue weighted by Crippen LogP contribution is 2.16. The van der Waals surface area contributed by atoms with Crippen LogP contribution >= 0.6 is 34.8 Å². The molecule has 0 bridgehead atoms. The minimum absolute atomic E-state index is 0.227. The summed E-state index contributed by atoms with van der Waals surface area (Å²) in [6.07, 6.45) is 10.5. The Morgan fingerprint density at radius 2 is 0.815 bits per heavy atom. The lowest BCUT2D eigenvalue weighted by molar-refractivity contribution is 0.449. The lowest BCUT2D eigenvalue weighted by atomic mass is 9.73. The van der Waals surface area contributed by atoms with Gasteiger partial charge in [-0.15, -0.1) is 34.8 Å². The fourth-order valence-corrected chi connectivity index (χ4v) is 4.77. The highest BCUT2D eigenvalue weighted by Gasteiger charge is 2.30. The lowest BCUT2D eigenvalue weighted by Crippen LogP contribution is -2.63. The molecule has 1 aliphatic heterocycles. The molecule has 0 spiro atoms. The molecule has 27 heavy (non-hydrogen) atoms. The van der Waals surface area contributed by atoms with Crippen molar-refractivity contribution in [3.63, 3.8) is 0 Å². The number of unbranched alkanes of at least 4 members (excludes halogenated alkanes) is 3. The van der Waals surface area contributed by atoms with Gasteiger partial charge in [0.2, 0.25) is 0 Å². The molecular weight excluding hydrogens is 397 g/mol. The van der Waals surface area contributed by atoms with Crippen LogP contribution in [-0.2, 0) is 0 Å². The van der Waals surface area contributed by atoms with Gasteiger partial charge in [-0.05, 0) is 38.9 Å². The first kappa shape index (κ1) is 26.0. The molecule has 0 aromatic heterocycles. The van der Waals surface area contributed by atoms with Gasteiger partial charge >= 0.3 is 0 Å². The molecule has 1 aliphatic rings. The van der Waals surface area contributed by atoms with Crippen molar-refractivity contribution >= 4 is 57.5 Å². The van der Waals surface area contributed by atoms with Crippen molar-refractivity contribution < 1.29 is 0 Å². The van der Waals surface area contributed by atoms with Gasteiger partial charge in [0.15, 0.2) is 0 Å². The number of nitrogens with zero attached hydrogens (tertiary/aromatic N) is 3. The summed E-state index contributed by atoms with van der Waals surface area (Å²) in [4.78, 5) is 0. The standard InChI is InChI=1S/C18H39B3Cl3N3/c1-4-7-10-16(22)13-25-19-26(14-17(23)11-8-5-2)21-27(20-25)15-18(24)12-9-6-3/h16-21H,4-15H2,1-3H3. The average Bonchev–Trinajstić information content (AvgIpc) is 2.62. The van der Waals surface area contributed by atoms with E-state index in [0.29, 0.717) is 0 Å². The Labute approximate surface area is 185 Å². The molecule has 0 aromatic rings. The van der Waals surface area contributed by atoms with Crippen molar-refractivity contribution in [2.24, 2.45) is 0 Å². The van der Waals surface area contributed by atoms with Crippen LogP contribution in [0.25, 0.3) is 0 Å². The van der Waals surface area contributed by atoms with Gasteiger partial charge in [0, 0.05) is 16.1 Å². The number of rotatable bonds is 15. The summed E-state index contributed by atoms with van der Waals surface area (Å²) in [7, 11) is 2.88. The highest BCUT2D eigenvalue weighted by molar-refractivity contribution is 6.65. The Kier molecular flexibility index (Phi) is 15.1.